The minimum atomic E-state index is 0. The first-order valence-corrected chi connectivity index (χ1v) is 7.50. The molecule has 50 heteroatoms. The van der Waals surface area contributed by atoms with Gasteiger partial charge in [-0.05, 0) is 0 Å². The Bertz CT molecular complexity index is 159. The summed E-state index contributed by atoms with van der Waals surface area (Å²) >= 11 is 0. The molecule has 0 aliphatic heterocycles. The molecular weight excluding hydrogens is 1280 g/mol. The monoisotopic (exact) mass is 1340 g/mol. The third kappa shape index (κ3) is 1460. The second-order valence-electron chi connectivity index (χ2n) is 4.24. The fraction of sp³-hybridized carbons (Fsp3) is 1.00. The summed E-state index contributed by atoms with van der Waals surface area (Å²) in [4.78, 5) is 0. The quantitative estimate of drug-likeness (QED) is 0.117. The zero-order valence-corrected chi connectivity index (χ0v) is 45.6. The van der Waals surface area contributed by atoms with E-state index in [4.69, 9.17) is 0 Å². The smallest absolute Gasteiger partial charge is 0.0742 e. The Kier molecular flexibility index (Phi) is 12500. The summed E-state index contributed by atoms with van der Waals surface area (Å²) in [5.74, 6) is 0. The van der Waals surface area contributed by atoms with E-state index in [1.165, 1.54) is 38.5 Å². The number of hydrogen-bond acceptors (Lipinski definition) is 0. The van der Waals surface area contributed by atoms with Crippen molar-refractivity contribution in [2.75, 3.05) is 39.3 Å². The molecule has 0 atom stereocenters. The normalized spacial score (nSPS) is 2.61. The Balaban J connectivity index is -0.000000000893. The Morgan fingerprint density at radius 3 is 0.177 bits per heavy atom. The van der Waals surface area contributed by atoms with E-state index in [1.54, 1.807) is 0 Å². The van der Waals surface area contributed by atoms with Gasteiger partial charge in [-0.1, -0.05) is 0 Å². The van der Waals surface area contributed by atoms with Crippen molar-refractivity contribution in [2.45, 2.75) is 38.5 Å². The molecule has 0 aromatic rings. The molecule has 0 rings (SSSR count). The van der Waals surface area contributed by atoms with E-state index in [0.29, 0.717) is 0 Å². The van der Waals surface area contributed by atoms with Gasteiger partial charge in [-0.15, -0.1) is 0 Å². The fourth-order valence-electron chi connectivity index (χ4n) is 1.06. The van der Waals surface area contributed by atoms with Gasteiger partial charge in [0.2, 0.25) is 0 Å². The first-order chi connectivity index (χ1) is 8.74. The molecule has 0 spiro atoms. The Morgan fingerprint density at radius 2 is 0.161 bits per heavy atom. The van der Waals surface area contributed by atoms with Gasteiger partial charge in [-0.2, -0.15) is 0 Å². The van der Waals surface area contributed by atoms with Gasteiger partial charge in [0, 0.05) is 224 Å². The van der Waals surface area contributed by atoms with Crippen molar-refractivity contribution in [1.29, 1.82) is 0 Å². The average molecular weight is 1340 g/mol. The molecular formula is C12H54N6O34V10-50. The standard InChI is InChI=1S/3C4H12N2.6H2O.28O.10V/c3*5-3-1-2-4-6;;;;;;;;;;;;;;;;;;;;;;;;;;;;;;;;;;;;;;;;;;;;/h3*1-6H2;6*1H2;;;;;;;;;;;;;;;;;;;;;;;;;;;;;;;;;;;;;;/q;;;;;;;;;28*-2;;;;;;;;;;/p+6. The Labute approximate surface area is 479 Å². The van der Waals surface area contributed by atoms with Crippen LogP contribution in [0.25, 0.3) is 0 Å². The maximum absolute atomic E-state index is 3.70. The van der Waals surface area contributed by atoms with Gasteiger partial charge >= 0.3 is 0 Å². The second kappa shape index (κ2) is 1020. The van der Waals surface area contributed by atoms with Crippen LogP contribution in [-0.2, 0) is 339 Å². The van der Waals surface area contributed by atoms with Crippen molar-refractivity contribution in [3.05, 3.63) is 0 Å². The van der Waals surface area contributed by atoms with Crippen molar-refractivity contribution in [1.82, 2.24) is 0 Å². The van der Waals surface area contributed by atoms with Crippen molar-refractivity contribution < 1.29 is 406 Å². The first-order valence-electron chi connectivity index (χ1n) is 7.50. The molecule has 0 saturated heterocycles. The summed E-state index contributed by atoms with van der Waals surface area (Å²) in [5.41, 5.74) is 22.2. The summed E-state index contributed by atoms with van der Waals surface area (Å²) in [6, 6.07) is 0. The predicted octanol–water partition coefficient (Wildman–Crippen LogP) is -13.5. The van der Waals surface area contributed by atoms with E-state index in [9.17, 15) is 0 Å². The molecule has 40 nitrogen and oxygen atoms in total. The molecule has 0 amide bonds. The molecule has 0 aromatic carbocycles. The van der Waals surface area contributed by atoms with E-state index >= 15 is 0 Å². The SMILES string of the molecule is O.O.O.O.O.O.[NH3+]CCCC[NH3+].[NH3+]CCCC[NH3+].[NH3+]CCCC[NH3+].[O-2].[O-2].[O-2].[O-2].[O-2].[O-2].[O-2].[O-2].[O-2].[O-2].[O-2].[O-2].[O-2].[O-2].[O-2].[O-2].[O-2].[O-2].[O-2].[O-2].[O-2].[O-2].[O-2].[O-2].[O-2].[O-2].[O-2].[O-2].[V].[V].[V].[V].[V].[V].[V].[V].[V].[V]. The van der Waals surface area contributed by atoms with Gasteiger partial charge < -0.3 is 221 Å². The van der Waals surface area contributed by atoms with E-state index in [2.05, 4.69) is 34.4 Å². The molecule has 62 heavy (non-hydrogen) atoms. The number of quaternary nitrogens is 6. The van der Waals surface area contributed by atoms with Gasteiger partial charge in [0.05, 0.1) is 39.3 Å². The topological polar surface area (TPSA) is 1150 Å². The molecule has 0 aliphatic rings. The molecule has 0 unspecified atom stereocenters. The molecule has 30 N–H and O–H groups in total. The van der Waals surface area contributed by atoms with Crippen LogP contribution in [0.2, 0.25) is 0 Å². The van der Waals surface area contributed by atoms with Crippen molar-refractivity contribution in [3.8, 4) is 0 Å². The average Bonchev–Trinajstić information content (AvgIpc) is 2.42. The third-order valence-corrected chi connectivity index (χ3v) is 2.25. The van der Waals surface area contributed by atoms with E-state index in [0.717, 1.165) is 39.3 Å². The fourth-order valence-corrected chi connectivity index (χ4v) is 1.06. The first kappa shape index (κ1) is 761. The van der Waals surface area contributed by atoms with Crippen LogP contribution >= 0.6 is 0 Å². The van der Waals surface area contributed by atoms with E-state index < -0.39 is 0 Å². The summed E-state index contributed by atoms with van der Waals surface area (Å²) < 4.78 is 0. The molecule has 0 fully saturated rings. The maximum Gasteiger partial charge on any atom is 0.0742 e. The van der Waals surface area contributed by atoms with Crippen molar-refractivity contribution >= 4 is 0 Å². The Morgan fingerprint density at radius 1 is 0.129 bits per heavy atom. The van der Waals surface area contributed by atoms with Crippen molar-refractivity contribution in [3.63, 3.8) is 0 Å². The van der Waals surface area contributed by atoms with Crippen LogP contribution in [0, 0.1) is 0 Å². The van der Waals surface area contributed by atoms with E-state index in [1.807, 2.05) is 0 Å². The van der Waals surface area contributed by atoms with Crippen LogP contribution in [0.15, 0.2) is 0 Å². The summed E-state index contributed by atoms with van der Waals surface area (Å²) in [6.45, 7) is 6.39. The second-order valence-corrected chi connectivity index (χ2v) is 4.24. The van der Waals surface area contributed by atoms with Gasteiger partial charge in [-0.25, -0.2) is 0 Å². The largest absolute Gasteiger partial charge is 2.00 e. The molecule has 0 aromatic heterocycles. The molecule has 0 heterocycles. The molecule has 0 saturated carbocycles. The number of unbranched alkanes of at least 4 members (excludes halogenated alkanes) is 3. The summed E-state index contributed by atoms with van der Waals surface area (Å²) in [5, 5.41) is 0. The molecule has 0 aliphatic carbocycles. The zero-order valence-electron chi connectivity index (χ0n) is 31.6. The summed E-state index contributed by atoms with van der Waals surface area (Å²) in [7, 11) is 0. The predicted molar refractivity (Wildman–Crippen MR) is 115 cm³/mol. The van der Waals surface area contributed by atoms with Crippen LogP contribution in [0.1, 0.15) is 38.5 Å². The number of hydrogen-bond donors (Lipinski definition) is 6. The minimum absolute atomic E-state index is 0. The van der Waals surface area contributed by atoms with Gasteiger partial charge in [0.1, 0.15) is 0 Å². The Hall–Kier alpha value is 4.24. The number of rotatable bonds is 9. The van der Waals surface area contributed by atoms with Gasteiger partial charge in [0.25, 0.3) is 0 Å². The van der Waals surface area contributed by atoms with Crippen LogP contribution in [0.3, 0.4) is 0 Å². The molecule has 436 valence electrons. The van der Waals surface area contributed by atoms with Gasteiger partial charge in [-0.3, -0.25) is 0 Å². The third-order valence-electron chi connectivity index (χ3n) is 2.25. The maximum atomic E-state index is 3.70. The van der Waals surface area contributed by atoms with Crippen LogP contribution in [-0.4, -0.2) is 72.1 Å². The van der Waals surface area contributed by atoms with Gasteiger partial charge in [0.15, 0.2) is 0 Å². The minimum Gasteiger partial charge on any atom is -2.00 e. The zero-order chi connectivity index (χ0) is 14.5. The van der Waals surface area contributed by atoms with E-state index in [-0.39, 0.29) is 372 Å². The van der Waals surface area contributed by atoms with Crippen molar-refractivity contribution in [2.24, 2.45) is 0 Å². The van der Waals surface area contributed by atoms with Crippen LogP contribution in [0.5, 0.6) is 0 Å². The molecule has 0 bridgehead atoms. The molecule has 10 radical (unpaired) electrons. The van der Waals surface area contributed by atoms with Crippen LogP contribution < -0.4 is 34.4 Å². The van der Waals surface area contributed by atoms with Crippen LogP contribution in [0.4, 0.5) is 0 Å². The summed E-state index contributed by atoms with van der Waals surface area (Å²) in [6.07, 6.45) is 7.44.